The molecule has 18 heavy (non-hydrogen) atoms. The summed E-state index contributed by atoms with van der Waals surface area (Å²) in [5.41, 5.74) is 0.614. The Morgan fingerprint density at radius 1 is 1.28 bits per heavy atom. The number of hydrogen-bond acceptors (Lipinski definition) is 3. The number of hydrogen-bond donors (Lipinski definition) is 1. The molecule has 0 radical (unpaired) electrons. The van der Waals surface area contributed by atoms with Crippen molar-refractivity contribution in [2.75, 3.05) is 20.1 Å². The Labute approximate surface area is 103 Å². The molecule has 1 fully saturated rings. The number of aliphatic hydroxyl groups is 1. The summed E-state index contributed by atoms with van der Waals surface area (Å²) in [6, 6.07) is 5.36. The van der Waals surface area contributed by atoms with E-state index >= 15 is 0 Å². The van der Waals surface area contributed by atoms with Crippen molar-refractivity contribution in [3.8, 4) is 5.75 Å². The minimum atomic E-state index is -4.68. The second-order valence-corrected chi connectivity index (χ2v) is 4.54. The molecule has 100 valence electrons. The summed E-state index contributed by atoms with van der Waals surface area (Å²) in [7, 11) is 1.95. The summed E-state index contributed by atoms with van der Waals surface area (Å²) in [5, 5.41) is 9.99. The van der Waals surface area contributed by atoms with E-state index in [0.29, 0.717) is 5.56 Å². The maximum absolute atomic E-state index is 12.0. The van der Waals surface area contributed by atoms with Gasteiger partial charge in [0.05, 0.1) is 6.10 Å². The molecule has 1 heterocycles. The Kier molecular flexibility index (Phi) is 3.49. The smallest absolute Gasteiger partial charge is 0.406 e. The molecule has 2 rings (SSSR count). The molecule has 1 unspecified atom stereocenters. The molecule has 3 nitrogen and oxygen atoms in total. The average molecular weight is 261 g/mol. The van der Waals surface area contributed by atoms with Crippen LogP contribution < -0.4 is 4.74 Å². The minimum absolute atomic E-state index is 0.143. The Balaban J connectivity index is 1.99. The van der Waals surface area contributed by atoms with Crippen LogP contribution in [0.15, 0.2) is 24.3 Å². The van der Waals surface area contributed by atoms with Crippen molar-refractivity contribution in [1.29, 1.82) is 0 Å². The van der Waals surface area contributed by atoms with Crippen LogP contribution in [0.2, 0.25) is 0 Å². The fourth-order valence-corrected chi connectivity index (χ4v) is 2.09. The first kappa shape index (κ1) is 13.2. The van der Waals surface area contributed by atoms with E-state index < -0.39 is 12.5 Å². The SMILES string of the molecule is CN1CC(C(O)c2ccc(OC(F)(F)F)cc2)C1. The Morgan fingerprint density at radius 2 is 1.83 bits per heavy atom. The lowest BCUT2D eigenvalue weighted by atomic mass is 9.90. The Morgan fingerprint density at radius 3 is 2.28 bits per heavy atom. The van der Waals surface area contributed by atoms with Gasteiger partial charge in [0.25, 0.3) is 0 Å². The number of alkyl halides is 3. The summed E-state index contributed by atoms with van der Waals surface area (Å²) in [5.74, 6) is -0.131. The van der Waals surface area contributed by atoms with Crippen molar-refractivity contribution in [2.45, 2.75) is 12.5 Å². The second-order valence-electron chi connectivity index (χ2n) is 4.54. The van der Waals surface area contributed by atoms with Crippen LogP contribution in [0.1, 0.15) is 11.7 Å². The second kappa shape index (κ2) is 4.78. The summed E-state index contributed by atoms with van der Waals surface area (Å²) < 4.78 is 39.6. The van der Waals surface area contributed by atoms with Crippen LogP contribution in [0.4, 0.5) is 13.2 Å². The van der Waals surface area contributed by atoms with Gasteiger partial charge in [0, 0.05) is 19.0 Å². The standard InChI is InChI=1S/C12H14F3NO2/c1-16-6-9(7-16)11(17)8-2-4-10(5-3-8)18-12(13,14)15/h2-5,9,11,17H,6-7H2,1H3. The highest BCUT2D eigenvalue weighted by molar-refractivity contribution is 5.29. The number of rotatable bonds is 3. The van der Waals surface area contributed by atoms with Crippen LogP contribution in [0.25, 0.3) is 0 Å². The summed E-state index contributed by atoms with van der Waals surface area (Å²) in [4.78, 5) is 2.06. The summed E-state index contributed by atoms with van der Waals surface area (Å²) >= 11 is 0. The van der Waals surface area contributed by atoms with E-state index in [4.69, 9.17) is 0 Å². The van der Waals surface area contributed by atoms with E-state index in [9.17, 15) is 18.3 Å². The van der Waals surface area contributed by atoms with Crippen molar-refractivity contribution in [3.05, 3.63) is 29.8 Å². The topological polar surface area (TPSA) is 32.7 Å². The largest absolute Gasteiger partial charge is 0.573 e. The quantitative estimate of drug-likeness (QED) is 0.905. The highest BCUT2D eigenvalue weighted by atomic mass is 19.4. The van der Waals surface area contributed by atoms with E-state index in [0.717, 1.165) is 13.1 Å². The highest BCUT2D eigenvalue weighted by Crippen LogP contribution is 2.30. The average Bonchev–Trinajstić information content (AvgIpc) is 2.23. The fourth-order valence-electron chi connectivity index (χ4n) is 2.09. The van der Waals surface area contributed by atoms with Crippen molar-refractivity contribution in [1.82, 2.24) is 4.90 Å². The maximum Gasteiger partial charge on any atom is 0.573 e. The first-order valence-corrected chi connectivity index (χ1v) is 5.57. The minimum Gasteiger partial charge on any atom is -0.406 e. The van der Waals surface area contributed by atoms with E-state index in [1.54, 1.807) is 0 Å². The molecule has 1 aromatic carbocycles. The van der Waals surface area contributed by atoms with Gasteiger partial charge in [-0.25, -0.2) is 0 Å². The number of halogens is 3. The zero-order valence-corrected chi connectivity index (χ0v) is 9.81. The summed E-state index contributed by atoms with van der Waals surface area (Å²) in [6.45, 7) is 1.59. The fraction of sp³-hybridized carbons (Fsp3) is 0.500. The van der Waals surface area contributed by atoms with Crippen molar-refractivity contribution < 1.29 is 23.0 Å². The maximum atomic E-state index is 12.0. The normalized spacial score (nSPS) is 19.4. The van der Waals surface area contributed by atoms with Crippen LogP contribution >= 0.6 is 0 Å². The monoisotopic (exact) mass is 261 g/mol. The molecule has 1 aliphatic rings. The molecule has 0 aliphatic carbocycles. The van der Waals surface area contributed by atoms with E-state index in [2.05, 4.69) is 9.64 Å². The van der Waals surface area contributed by atoms with Gasteiger partial charge in [-0.05, 0) is 24.7 Å². The lowest BCUT2D eigenvalue weighted by molar-refractivity contribution is -0.274. The molecule has 1 atom stereocenters. The molecule has 6 heteroatoms. The first-order valence-electron chi connectivity index (χ1n) is 5.57. The van der Waals surface area contributed by atoms with Gasteiger partial charge in [0.1, 0.15) is 5.75 Å². The predicted molar refractivity (Wildman–Crippen MR) is 59.1 cm³/mol. The molecule has 1 saturated heterocycles. The zero-order valence-electron chi connectivity index (χ0n) is 9.81. The van der Waals surface area contributed by atoms with Gasteiger partial charge >= 0.3 is 6.36 Å². The van der Waals surface area contributed by atoms with Gasteiger partial charge in [-0.2, -0.15) is 0 Å². The van der Waals surface area contributed by atoms with Gasteiger partial charge in [-0.3, -0.25) is 0 Å². The van der Waals surface area contributed by atoms with E-state index in [1.165, 1.54) is 24.3 Å². The zero-order chi connectivity index (χ0) is 13.3. The van der Waals surface area contributed by atoms with Gasteiger partial charge in [-0.15, -0.1) is 13.2 Å². The number of benzene rings is 1. The third-order valence-electron chi connectivity index (χ3n) is 2.99. The van der Waals surface area contributed by atoms with Crippen LogP contribution in [0, 0.1) is 5.92 Å². The lowest BCUT2D eigenvalue weighted by Gasteiger charge is -2.39. The molecular formula is C12H14F3NO2. The molecule has 0 amide bonds. The molecule has 1 aliphatic heterocycles. The molecule has 1 N–H and O–H groups in total. The molecule has 1 aromatic rings. The van der Waals surface area contributed by atoms with Crippen LogP contribution in [-0.2, 0) is 0 Å². The number of aliphatic hydroxyl groups excluding tert-OH is 1. The number of ether oxygens (including phenoxy) is 1. The molecular weight excluding hydrogens is 247 g/mol. The third-order valence-corrected chi connectivity index (χ3v) is 2.99. The number of likely N-dealkylation sites (tertiary alicyclic amines) is 1. The molecule has 0 saturated carbocycles. The molecule has 0 aromatic heterocycles. The third kappa shape index (κ3) is 3.14. The van der Waals surface area contributed by atoms with Crippen LogP contribution in [-0.4, -0.2) is 36.5 Å². The molecule has 0 spiro atoms. The van der Waals surface area contributed by atoms with Gasteiger partial charge in [0.15, 0.2) is 0 Å². The van der Waals surface area contributed by atoms with Crippen molar-refractivity contribution in [2.24, 2.45) is 5.92 Å². The van der Waals surface area contributed by atoms with Crippen LogP contribution in [0.3, 0.4) is 0 Å². The van der Waals surface area contributed by atoms with Crippen LogP contribution in [0.5, 0.6) is 5.75 Å². The van der Waals surface area contributed by atoms with E-state index in [1.807, 2.05) is 7.05 Å². The van der Waals surface area contributed by atoms with Gasteiger partial charge in [-0.1, -0.05) is 12.1 Å². The van der Waals surface area contributed by atoms with Gasteiger partial charge in [0.2, 0.25) is 0 Å². The highest BCUT2D eigenvalue weighted by Gasteiger charge is 2.32. The number of nitrogens with zero attached hydrogens (tertiary/aromatic N) is 1. The summed E-state index contributed by atoms with van der Waals surface area (Å²) in [6.07, 6.45) is -5.32. The Bertz CT molecular complexity index is 399. The van der Waals surface area contributed by atoms with Gasteiger partial charge < -0.3 is 14.7 Å². The Hall–Kier alpha value is -1.27. The lowest BCUT2D eigenvalue weighted by Crippen LogP contribution is -2.46. The van der Waals surface area contributed by atoms with Crippen molar-refractivity contribution in [3.63, 3.8) is 0 Å². The first-order chi connectivity index (χ1) is 8.35. The van der Waals surface area contributed by atoms with E-state index in [-0.39, 0.29) is 11.7 Å². The predicted octanol–water partition coefficient (Wildman–Crippen LogP) is 2.18. The van der Waals surface area contributed by atoms with Crippen molar-refractivity contribution >= 4 is 0 Å². The molecule has 0 bridgehead atoms.